The van der Waals surface area contributed by atoms with E-state index in [9.17, 15) is 18.4 Å². The summed E-state index contributed by atoms with van der Waals surface area (Å²) in [6.07, 6.45) is 1.68. The summed E-state index contributed by atoms with van der Waals surface area (Å²) in [5, 5.41) is 2.88. The fourth-order valence-corrected chi connectivity index (χ4v) is 3.11. The van der Waals surface area contributed by atoms with Crippen molar-refractivity contribution in [1.82, 2.24) is 10.2 Å². The molecule has 1 saturated heterocycles. The highest BCUT2D eigenvalue weighted by Gasteiger charge is 2.49. The Bertz CT molecular complexity index is 398. The molecule has 0 aromatic heterocycles. The van der Waals surface area contributed by atoms with Crippen LogP contribution in [0, 0.1) is 0 Å². The molecule has 1 unspecified atom stereocenters. The van der Waals surface area contributed by atoms with Gasteiger partial charge in [-0.2, -0.15) is 0 Å². The van der Waals surface area contributed by atoms with Crippen LogP contribution in [0.25, 0.3) is 0 Å². The number of carbonyl (C=O) groups is 2. The second-order valence-electron chi connectivity index (χ2n) is 5.77. The van der Waals surface area contributed by atoms with Gasteiger partial charge in [-0.3, -0.25) is 9.59 Å². The van der Waals surface area contributed by atoms with Crippen molar-refractivity contribution in [2.45, 2.75) is 57.0 Å². The number of hydrogen-bond acceptors (Lipinski definition) is 3. The predicted octanol–water partition coefficient (Wildman–Crippen LogP) is 1.32. The van der Waals surface area contributed by atoms with Crippen LogP contribution >= 0.6 is 0 Å². The summed E-state index contributed by atoms with van der Waals surface area (Å²) in [6.45, 7) is 1.19. The van der Waals surface area contributed by atoms with Crippen molar-refractivity contribution in [3.63, 3.8) is 0 Å². The molecule has 1 N–H and O–H groups in total. The summed E-state index contributed by atoms with van der Waals surface area (Å²) in [5.74, 6) is -0.277. The molecule has 1 saturated carbocycles. The molecule has 2 aliphatic rings. The van der Waals surface area contributed by atoms with Gasteiger partial charge in [0.1, 0.15) is 18.2 Å². The highest BCUT2D eigenvalue weighted by Crippen LogP contribution is 2.33. The van der Waals surface area contributed by atoms with Gasteiger partial charge in [0.15, 0.2) is 0 Å². The minimum atomic E-state index is -2.52. The number of nitrogens with zero attached hydrogens (tertiary/aromatic N) is 1. The zero-order valence-corrected chi connectivity index (χ0v) is 12.2. The summed E-state index contributed by atoms with van der Waals surface area (Å²) in [4.78, 5) is 26.3. The molecule has 1 atom stereocenters. The minimum absolute atomic E-state index is 0.0176. The molecule has 2 amide bonds. The van der Waals surface area contributed by atoms with Gasteiger partial charge >= 0.3 is 0 Å². The maximum atomic E-state index is 12.7. The standard InChI is InChI=1S/C14H22F2N2O3/c1-10-12(19)17-14(5-3-2-4-6-14)13(20)18(10)7-8-21-9-11(15)16/h10-11H,2-9H2,1H3,(H,17,19). The van der Waals surface area contributed by atoms with Crippen molar-refractivity contribution in [1.29, 1.82) is 0 Å². The van der Waals surface area contributed by atoms with Crippen LogP contribution in [0.15, 0.2) is 0 Å². The molecule has 1 spiro atoms. The van der Waals surface area contributed by atoms with Gasteiger partial charge in [-0.05, 0) is 19.8 Å². The Hall–Kier alpha value is -1.24. The second kappa shape index (κ2) is 6.68. The van der Waals surface area contributed by atoms with Crippen LogP contribution in [-0.2, 0) is 14.3 Å². The molecule has 0 radical (unpaired) electrons. The summed E-state index contributed by atoms with van der Waals surface area (Å²) in [5.41, 5.74) is -0.787. The molecule has 1 aliphatic carbocycles. The van der Waals surface area contributed by atoms with Crippen molar-refractivity contribution in [2.75, 3.05) is 19.8 Å². The van der Waals surface area contributed by atoms with Gasteiger partial charge in [0.2, 0.25) is 11.8 Å². The molecule has 0 aromatic rings. The molecular weight excluding hydrogens is 282 g/mol. The van der Waals surface area contributed by atoms with Gasteiger partial charge in [0.25, 0.3) is 6.43 Å². The number of alkyl halides is 2. The fraction of sp³-hybridized carbons (Fsp3) is 0.857. The van der Waals surface area contributed by atoms with Crippen LogP contribution in [0.3, 0.4) is 0 Å². The quantitative estimate of drug-likeness (QED) is 0.779. The third-order valence-corrected chi connectivity index (χ3v) is 4.31. The Labute approximate surface area is 123 Å². The molecule has 0 bridgehead atoms. The maximum Gasteiger partial charge on any atom is 0.261 e. The van der Waals surface area contributed by atoms with Crippen LogP contribution in [0.1, 0.15) is 39.0 Å². The van der Waals surface area contributed by atoms with Crippen molar-refractivity contribution in [3.8, 4) is 0 Å². The monoisotopic (exact) mass is 304 g/mol. The lowest BCUT2D eigenvalue weighted by atomic mass is 9.78. The Balaban J connectivity index is 2.00. The second-order valence-corrected chi connectivity index (χ2v) is 5.77. The van der Waals surface area contributed by atoms with Gasteiger partial charge in [-0.1, -0.05) is 19.3 Å². The smallest absolute Gasteiger partial charge is 0.261 e. The molecule has 1 heterocycles. The lowest BCUT2D eigenvalue weighted by Gasteiger charge is -2.46. The maximum absolute atomic E-state index is 12.7. The number of hydrogen-bond donors (Lipinski definition) is 1. The van der Waals surface area contributed by atoms with E-state index in [2.05, 4.69) is 5.32 Å². The first-order chi connectivity index (χ1) is 9.96. The molecule has 2 fully saturated rings. The van der Waals surface area contributed by atoms with Gasteiger partial charge in [-0.25, -0.2) is 8.78 Å². The first kappa shape index (κ1) is 16.1. The summed E-state index contributed by atoms with van der Waals surface area (Å²) >= 11 is 0. The lowest BCUT2D eigenvalue weighted by Crippen LogP contribution is -2.70. The fourth-order valence-electron chi connectivity index (χ4n) is 3.11. The molecular formula is C14H22F2N2O3. The Morgan fingerprint density at radius 3 is 2.62 bits per heavy atom. The normalized spacial score (nSPS) is 25.5. The SMILES string of the molecule is CC1C(=O)NC2(CCCCC2)C(=O)N1CCOCC(F)F. The molecule has 1 aliphatic heterocycles. The van der Waals surface area contributed by atoms with Crippen molar-refractivity contribution >= 4 is 11.8 Å². The van der Waals surface area contributed by atoms with E-state index in [1.165, 1.54) is 4.90 Å². The van der Waals surface area contributed by atoms with E-state index in [0.29, 0.717) is 12.8 Å². The first-order valence-corrected chi connectivity index (χ1v) is 7.45. The van der Waals surface area contributed by atoms with Crippen molar-refractivity contribution < 1.29 is 23.1 Å². The predicted molar refractivity (Wildman–Crippen MR) is 72.0 cm³/mol. The molecule has 0 aromatic carbocycles. The van der Waals surface area contributed by atoms with E-state index in [1.807, 2.05) is 0 Å². The van der Waals surface area contributed by atoms with Gasteiger partial charge in [-0.15, -0.1) is 0 Å². The van der Waals surface area contributed by atoms with Crippen LogP contribution < -0.4 is 5.32 Å². The van der Waals surface area contributed by atoms with E-state index >= 15 is 0 Å². The molecule has 7 heteroatoms. The van der Waals surface area contributed by atoms with E-state index in [4.69, 9.17) is 4.74 Å². The van der Waals surface area contributed by atoms with Crippen LogP contribution in [0.4, 0.5) is 8.78 Å². The number of piperazine rings is 1. The summed E-state index contributed by atoms with van der Waals surface area (Å²) in [6, 6.07) is -0.583. The Morgan fingerprint density at radius 1 is 1.33 bits per heavy atom. The highest BCUT2D eigenvalue weighted by atomic mass is 19.3. The molecule has 2 rings (SSSR count). The van der Waals surface area contributed by atoms with Gasteiger partial charge in [0.05, 0.1) is 6.61 Å². The van der Waals surface area contributed by atoms with Crippen molar-refractivity contribution in [2.24, 2.45) is 0 Å². The molecule has 5 nitrogen and oxygen atoms in total. The minimum Gasteiger partial charge on any atom is -0.374 e. The topological polar surface area (TPSA) is 58.6 Å². The first-order valence-electron chi connectivity index (χ1n) is 7.45. The van der Waals surface area contributed by atoms with Crippen LogP contribution in [-0.4, -0.2) is 54.5 Å². The summed E-state index contributed by atoms with van der Waals surface area (Å²) < 4.78 is 28.9. The van der Waals surface area contributed by atoms with Crippen LogP contribution in [0.2, 0.25) is 0 Å². The number of amides is 2. The Kier molecular flexibility index (Phi) is 5.13. The lowest BCUT2D eigenvalue weighted by molar-refractivity contribution is -0.157. The number of rotatable bonds is 5. The van der Waals surface area contributed by atoms with Crippen LogP contribution in [0.5, 0.6) is 0 Å². The zero-order valence-electron chi connectivity index (χ0n) is 12.2. The molecule has 120 valence electrons. The van der Waals surface area contributed by atoms with E-state index in [0.717, 1.165) is 19.3 Å². The summed E-state index contributed by atoms with van der Waals surface area (Å²) in [7, 11) is 0. The number of ether oxygens (including phenoxy) is 1. The van der Waals surface area contributed by atoms with E-state index < -0.39 is 24.6 Å². The van der Waals surface area contributed by atoms with Crippen molar-refractivity contribution in [3.05, 3.63) is 0 Å². The van der Waals surface area contributed by atoms with E-state index in [1.54, 1.807) is 6.92 Å². The van der Waals surface area contributed by atoms with Gasteiger partial charge in [0, 0.05) is 6.54 Å². The highest BCUT2D eigenvalue weighted by molar-refractivity contribution is 5.99. The third kappa shape index (κ3) is 3.51. The van der Waals surface area contributed by atoms with Gasteiger partial charge < -0.3 is 15.0 Å². The number of halogens is 2. The average molecular weight is 304 g/mol. The largest absolute Gasteiger partial charge is 0.374 e. The van der Waals surface area contributed by atoms with E-state index in [-0.39, 0.29) is 25.0 Å². The number of carbonyl (C=O) groups excluding carboxylic acids is 2. The third-order valence-electron chi connectivity index (χ3n) is 4.31. The Morgan fingerprint density at radius 2 is 2.00 bits per heavy atom. The average Bonchev–Trinajstić information content (AvgIpc) is 2.45. The molecule has 21 heavy (non-hydrogen) atoms. The number of nitrogens with one attached hydrogen (secondary N) is 1. The zero-order chi connectivity index (χ0) is 15.5.